The third-order valence-corrected chi connectivity index (χ3v) is 7.32. The first-order valence-corrected chi connectivity index (χ1v) is 10.1. The van der Waals surface area contributed by atoms with Gasteiger partial charge in [-0.05, 0) is 48.5 Å². The highest BCUT2D eigenvalue weighted by atomic mass is 32.2. The second kappa shape index (κ2) is 7.62. The Morgan fingerprint density at radius 3 is 2.48 bits per heavy atom. The summed E-state index contributed by atoms with van der Waals surface area (Å²) in [5.41, 5.74) is 1.93. The second-order valence-electron chi connectivity index (χ2n) is 5.94. The van der Waals surface area contributed by atoms with Crippen LogP contribution in [0.15, 0.2) is 24.3 Å². The fourth-order valence-corrected chi connectivity index (χ4v) is 6.04. The highest BCUT2D eigenvalue weighted by Crippen LogP contribution is 2.43. The number of nitrogens with zero attached hydrogens (tertiary/aromatic N) is 1. The highest BCUT2D eigenvalue weighted by molar-refractivity contribution is 8.16. The van der Waals surface area contributed by atoms with E-state index in [2.05, 4.69) is 0 Å². The van der Waals surface area contributed by atoms with Gasteiger partial charge < -0.3 is 10.0 Å². The van der Waals surface area contributed by atoms with E-state index in [1.807, 2.05) is 47.8 Å². The standard InChI is InChI=1S/C17H21NO3S2/c19-15(20)11-14-3-1-8-18(14)16(21)12-4-6-13(7-5-12)17-22-9-2-10-23-17/h4-7,14,17H,1-3,8-11H2,(H,19,20). The minimum atomic E-state index is -0.837. The van der Waals surface area contributed by atoms with Gasteiger partial charge in [-0.25, -0.2) is 0 Å². The summed E-state index contributed by atoms with van der Waals surface area (Å²) in [6.45, 7) is 0.660. The summed E-state index contributed by atoms with van der Waals surface area (Å²) in [5.74, 6) is 1.52. The molecule has 3 rings (SSSR count). The summed E-state index contributed by atoms with van der Waals surface area (Å²) < 4.78 is 0.472. The average molecular weight is 351 g/mol. The number of rotatable bonds is 4. The molecule has 0 aliphatic carbocycles. The lowest BCUT2D eigenvalue weighted by atomic mass is 10.1. The first-order valence-electron chi connectivity index (χ1n) is 8.01. The summed E-state index contributed by atoms with van der Waals surface area (Å²) in [6.07, 6.45) is 2.98. The van der Waals surface area contributed by atoms with Crippen molar-refractivity contribution in [1.29, 1.82) is 0 Å². The number of carboxylic acids is 1. The quantitative estimate of drug-likeness (QED) is 0.897. The third kappa shape index (κ3) is 4.04. The van der Waals surface area contributed by atoms with Crippen molar-refractivity contribution < 1.29 is 14.7 Å². The maximum absolute atomic E-state index is 12.6. The van der Waals surface area contributed by atoms with Crippen LogP contribution >= 0.6 is 23.5 Å². The Morgan fingerprint density at radius 1 is 1.13 bits per heavy atom. The molecule has 0 saturated carbocycles. The minimum absolute atomic E-state index is 0.0377. The summed E-state index contributed by atoms with van der Waals surface area (Å²) in [6, 6.07) is 7.72. The topological polar surface area (TPSA) is 57.6 Å². The fraction of sp³-hybridized carbons (Fsp3) is 0.529. The predicted octanol–water partition coefficient (Wildman–Crippen LogP) is 3.63. The van der Waals surface area contributed by atoms with Gasteiger partial charge in [-0.2, -0.15) is 0 Å². The Hall–Kier alpha value is -1.14. The van der Waals surface area contributed by atoms with Gasteiger partial charge in [0.05, 0.1) is 11.0 Å². The van der Waals surface area contributed by atoms with E-state index in [-0.39, 0.29) is 18.4 Å². The Kier molecular flexibility index (Phi) is 5.54. The molecule has 2 saturated heterocycles. The molecule has 2 aliphatic heterocycles. The number of likely N-dealkylation sites (tertiary alicyclic amines) is 1. The van der Waals surface area contributed by atoms with Crippen molar-refractivity contribution in [3.63, 3.8) is 0 Å². The fourth-order valence-electron chi connectivity index (χ4n) is 3.15. The van der Waals surface area contributed by atoms with Crippen LogP contribution in [0, 0.1) is 0 Å². The van der Waals surface area contributed by atoms with E-state index >= 15 is 0 Å². The number of hydrogen-bond donors (Lipinski definition) is 1. The summed E-state index contributed by atoms with van der Waals surface area (Å²) in [4.78, 5) is 25.3. The maximum atomic E-state index is 12.6. The molecule has 4 nitrogen and oxygen atoms in total. The molecule has 0 radical (unpaired) electrons. The van der Waals surface area contributed by atoms with Crippen molar-refractivity contribution in [2.75, 3.05) is 18.1 Å². The summed E-state index contributed by atoms with van der Waals surface area (Å²) in [5, 5.41) is 8.98. The molecule has 23 heavy (non-hydrogen) atoms. The molecular formula is C17H21NO3S2. The Balaban J connectivity index is 1.68. The van der Waals surface area contributed by atoms with Crippen molar-refractivity contribution in [1.82, 2.24) is 4.90 Å². The first-order chi connectivity index (χ1) is 11.1. The molecule has 0 spiro atoms. The number of thioether (sulfide) groups is 2. The van der Waals surface area contributed by atoms with E-state index in [4.69, 9.17) is 5.11 Å². The summed E-state index contributed by atoms with van der Waals surface area (Å²) >= 11 is 3.93. The highest BCUT2D eigenvalue weighted by Gasteiger charge is 2.31. The van der Waals surface area contributed by atoms with E-state index in [1.165, 1.54) is 23.5 Å². The van der Waals surface area contributed by atoms with E-state index in [0.29, 0.717) is 16.7 Å². The van der Waals surface area contributed by atoms with Crippen LogP contribution in [0.2, 0.25) is 0 Å². The molecule has 2 aliphatic rings. The van der Waals surface area contributed by atoms with Crippen LogP contribution in [0.5, 0.6) is 0 Å². The molecule has 124 valence electrons. The van der Waals surface area contributed by atoms with Crippen LogP contribution in [-0.2, 0) is 4.79 Å². The van der Waals surface area contributed by atoms with Crippen LogP contribution in [0.25, 0.3) is 0 Å². The van der Waals surface area contributed by atoms with Crippen molar-refractivity contribution in [2.24, 2.45) is 0 Å². The zero-order chi connectivity index (χ0) is 16.2. The average Bonchev–Trinajstić information content (AvgIpc) is 3.02. The van der Waals surface area contributed by atoms with E-state index in [0.717, 1.165) is 12.8 Å². The Labute approximate surface area is 145 Å². The summed E-state index contributed by atoms with van der Waals surface area (Å²) in [7, 11) is 0. The van der Waals surface area contributed by atoms with Gasteiger partial charge in [-0.1, -0.05) is 12.1 Å². The van der Waals surface area contributed by atoms with Gasteiger partial charge in [-0.3, -0.25) is 9.59 Å². The normalized spacial score (nSPS) is 22.3. The van der Waals surface area contributed by atoms with Crippen molar-refractivity contribution in [2.45, 2.75) is 36.3 Å². The maximum Gasteiger partial charge on any atom is 0.305 e. The van der Waals surface area contributed by atoms with E-state index in [1.54, 1.807) is 4.90 Å². The number of benzene rings is 1. The van der Waals surface area contributed by atoms with E-state index in [9.17, 15) is 9.59 Å². The van der Waals surface area contributed by atoms with Gasteiger partial charge in [0.1, 0.15) is 0 Å². The van der Waals surface area contributed by atoms with Gasteiger partial charge in [0, 0.05) is 18.2 Å². The first kappa shape index (κ1) is 16.7. The smallest absolute Gasteiger partial charge is 0.305 e. The largest absolute Gasteiger partial charge is 0.481 e. The third-order valence-electron chi connectivity index (χ3n) is 4.31. The molecule has 1 atom stereocenters. The van der Waals surface area contributed by atoms with Gasteiger partial charge >= 0.3 is 5.97 Å². The number of amides is 1. The molecular weight excluding hydrogens is 330 g/mol. The molecule has 6 heteroatoms. The molecule has 1 N–H and O–H groups in total. The van der Waals surface area contributed by atoms with Crippen LogP contribution in [0.1, 0.15) is 46.2 Å². The van der Waals surface area contributed by atoms with Gasteiger partial charge in [-0.15, -0.1) is 23.5 Å². The van der Waals surface area contributed by atoms with Crippen LogP contribution in [0.4, 0.5) is 0 Å². The van der Waals surface area contributed by atoms with Gasteiger partial charge in [0.25, 0.3) is 5.91 Å². The predicted molar refractivity (Wildman–Crippen MR) is 95.0 cm³/mol. The molecule has 1 aromatic rings. The molecule has 0 aromatic heterocycles. The number of carbonyl (C=O) groups excluding carboxylic acids is 1. The number of aliphatic carboxylic acids is 1. The van der Waals surface area contributed by atoms with Crippen LogP contribution in [0.3, 0.4) is 0 Å². The second-order valence-corrected chi connectivity index (χ2v) is 8.67. The van der Waals surface area contributed by atoms with Crippen molar-refractivity contribution in [3.05, 3.63) is 35.4 Å². The van der Waals surface area contributed by atoms with Crippen molar-refractivity contribution in [3.8, 4) is 0 Å². The lowest BCUT2D eigenvalue weighted by Crippen LogP contribution is -2.36. The monoisotopic (exact) mass is 351 g/mol. The van der Waals surface area contributed by atoms with Gasteiger partial charge in [0.2, 0.25) is 0 Å². The molecule has 1 amide bonds. The zero-order valence-corrected chi connectivity index (χ0v) is 14.6. The van der Waals surface area contributed by atoms with Crippen LogP contribution < -0.4 is 0 Å². The number of hydrogen-bond acceptors (Lipinski definition) is 4. The number of carboxylic acid groups (broad SMARTS) is 1. The minimum Gasteiger partial charge on any atom is -0.481 e. The molecule has 2 fully saturated rings. The Morgan fingerprint density at radius 2 is 1.83 bits per heavy atom. The zero-order valence-electron chi connectivity index (χ0n) is 12.9. The molecule has 1 aromatic carbocycles. The van der Waals surface area contributed by atoms with Gasteiger partial charge in [0.15, 0.2) is 0 Å². The molecule has 0 bridgehead atoms. The lowest BCUT2D eigenvalue weighted by Gasteiger charge is -2.24. The number of carbonyl (C=O) groups is 2. The van der Waals surface area contributed by atoms with Crippen LogP contribution in [-0.4, -0.2) is 46.0 Å². The molecule has 1 unspecified atom stereocenters. The van der Waals surface area contributed by atoms with E-state index < -0.39 is 5.97 Å². The Bertz CT molecular complexity index is 570. The van der Waals surface area contributed by atoms with Crippen molar-refractivity contribution >= 4 is 35.4 Å². The molecule has 2 heterocycles. The lowest BCUT2D eigenvalue weighted by molar-refractivity contribution is -0.137. The SMILES string of the molecule is O=C(O)CC1CCCN1C(=O)c1ccc(C2SCCCS2)cc1.